The summed E-state index contributed by atoms with van der Waals surface area (Å²) in [6.07, 6.45) is 0.166. The minimum atomic E-state index is -4.26. The van der Waals surface area contributed by atoms with Crippen molar-refractivity contribution in [2.24, 2.45) is 0 Å². The molecule has 1 atom stereocenters. The summed E-state index contributed by atoms with van der Waals surface area (Å²) in [6, 6.07) is 26.7. The normalized spacial score (nSPS) is 12.2. The molecule has 0 fully saturated rings. The maximum Gasteiger partial charge on any atom is 0.264 e. The largest absolute Gasteiger partial charge is 0.497 e. The molecule has 0 aliphatic carbocycles. The van der Waals surface area contributed by atoms with Crippen molar-refractivity contribution >= 4 is 27.5 Å². The summed E-state index contributed by atoms with van der Waals surface area (Å²) >= 11 is 0. The summed E-state index contributed by atoms with van der Waals surface area (Å²) in [5, 5.41) is 2.99. The van der Waals surface area contributed by atoms with Crippen LogP contribution in [0, 0.1) is 12.7 Å². The number of anilines is 1. The molecule has 0 aliphatic rings. The molecular weight excluding hydrogens is 605 g/mol. The van der Waals surface area contributed by atoms with Crippen molar-refractivity contribution in [1.29, 1.82) is 0 Å². The van der Waals surface area contributed by atoms with Gasteiger partial charge in [0.1, 0.15) is 24.2 Å². The second-order valence-electron chi connectivity index (χ2n) is 12.1. The fraction of sp³-hybridized carbons (Fsp3) is 0.278. The molecule has 0 spiro atoms. The third kappa shape index (κ3) is 8.94. The van der Waals surface area contributed by atoms with Crippen LogP contribution in [0.15, 0.2) is 108 Å². The predicted molar refractivity (Wildman–Crippen MR) is 177 cm³/mol. The van der Waals surface area contributed by atoms with Gasteiger partial charge in [-0.25, -0.2) is 12.8 Å². The van der Waals surface area contributed by atoms with E-state index in [0.29, 0.717) is 11.3 Å². The van der Waals surface area contributed by atoms with E-state index >= 15 is 0 Å². The standard InChI is InChI=1S/C36H40FN3O5S/c1-26-14-20-32(21-15-26)46(43,44)40(30-12-9-13-31(23-30)45-5)25-34(41)39(24-28-16-18-29(37)19-17-28)33(35(42)38-36(2,3)4)22-27-10-7-6-8-11-27/h6-21,23,33H,22,24-25H2,1-5H3,(H,38,42)/t33-/m1/s1. The molecule has 8 nitrogen and oxygen atoms in total. The molecule has 4 aromatic rings. The van der Waals surface area contributed by atoms with Gasteiger partial charge in [-0.15, -0.1) is 0 Å². The molecule has 0 aromatic heterocycles. The van der Waals surface area contributed by atoms with E-state index in [4.69, 9.17) is 4.74 Å². The maximum absolute atomic E-state index is 14.5. The van der Waals surface area contributed by atoms with Gasteiger partial charge in [0, 0.05) is 24.6 Å². The van der Waals surface area contributed by atoms with Gasteiger partial charge >= 0.3 is 0 Å². The number of aryl methyl sites for hydroxylation is 1. The lowest BCUT2D eigenvalue weighted by Crippen LogP contribution is -2.56. The fourth-order valence-electron chi connectivity index (χ4n) is 4.93. The Morgan fingerprint density at radius 3 is 2.13 bits per heavy atom. The zero-order chi connectivity index (χ0) is 33.5. The van der Waals surface area contributed by atoms with E-state index < -0.39 is 45.8 Å². The summed E-state index contributed by atoms with van der Waals surface area (Å²) in [4.78, 5) is 29.8. The van der Waals surface area contributed by atoms with Crippen LogP contribution in [0.4, 0.5) is 10.1 Å². The van der Waals surface area contributed by atoms with Crippen molar-refractivity contribution in [1.82, 2.24) is 10.2 Å². The molecule has 0 bridgehead atoms. The van der Waals surface area contributed by atoms with Gasteiger partial charge < -0.3 is 15.0 Å². The number of ether oxygens (including phenoxy) is 1. The molecule has 10 heteroatoms. The highest BCUT2D eigenvalue weighted by Gasteiger charge is 2.35. The zero-order valence-corrected chi connectivity index (χ0v) is 27.6. The van der Waals surface area contributed by atoms with Crippen LogP contribution in [0.1, 0.15) is 37.5 Å². The quantitative estimate of drug-likeness (QED) is 0.207. The van der Waals surface area contributed by atoms with Crippen LogP contribution in [-0.2, 0) is 32.6 Å². The molecule has 2 amide bonds. The predicted octanol–water partition coefficient (Wildman–Crippen LogP) is 5.89. The van der Waals surface area contributed by atoms with Crippen molar-refractivity contribution in [3.05, 3.63) is 126 Å². The van der Waals surface area contributed by atoms with Crippen LogP contribution in [0.3, 0.4) is 0 Å². The SMILES string of the molecule is COc1cccc(N(CC(=O)N(Cc2ccc(F)cc2)[C@H](Cc2ccccc2)C(=O)NC(C)(C)C)S(=O)(=O)c2ccc(C)cc2)c1. The molecule has 4 rings (SSSR count). The highest BCUT2D eigenvalue weighted by molar-refractivity contribution is 7.92. The molecule has 0 radical (unpaired) electrons. The van der Waals surface area contributed by atoms with Crippen molar-refractivity contribution in [3.8, 4) is 5.75 Å². The number of hydrogen-bond donors (Lipinski definition) is 1. The van der Waals surface area contributed by atoms with Crippen LogP contribution in [-0.4, -0.2) is 50.4 Å². The highest BCUT2D eigenvalue weighted by Crippen LogP contribution is 2.28. The molecule has 46 heavy (non-hydrogen) atoms. The third-order valence-electron chi connectivity index (χ3n) is 7.26. The monoisotopic (exact) mass is 645 g/mol. The minimum absolute atomic E-state index is 0.00474. The first kappa shape index (κ1) is 34.2. The first-order valence-corrected chi connectivity index (χ1v) is 16.3. The first-order chi connectivity index (χ1) is 21.8. The fourth-order valence-corrected chi connectivity index (χ4v) is 6.33. The topological polar surface area (TPSA) is 96.0 Å². The highest BCUT2D eigenvalue weighted by atomic mass is 32.2. The lowest BCUT2D eigenvalue weighted by Gasteiger charge is -2.35. The number of carbonyl (C=O) groups is 2. The molecule has 1 N–H and O–H groups in total. The Bertz CT molecular complexity index is 1740. The molecule has 0 unspecified atom stereocenters. The Balaban J connectivity index is 1.83. The van der Waals surface area contributed by atoms with Crippen molar-refractivity contribution < 1.29 is 27.1 Å². The summed E-state index contributed by atoms with van der Waals surface area (Å²) < 4.78 is 48.6. The van der Waals surface area contributed by atoms with Gasteiger partial charge in [0.15, 0.2) is 0 Å². The number of nitrogens with one attached hydrogen (secondary N) is 1. The smallest absolute Gasteiger partial charge is 0.264 e. The van der Waals surface area contributed by atoms with Gasteiger partial charge in [0.2, 0.25) is 11.8 Å². The van der Waals surface area contributed by atoms with E-state index in [1.807, 2.05) is 58.0 Å². The number of benzene rings is 4. The lowest BCUT2D eigenvalue weighted by atomic mass is 10.0. The maximum atomic E-state index is 14.5. The Hall–Kier alpha value is -4.70. The number of hydrogen-bond acceptors (Lipinski definition) is 5. The second kappa shape index (κ2) is 14.6. The first-order valence-electron chi connectivity index (χ1n) is 14.9. The molecular formula is C36H40FN3O5S. The van der Waals surface area contributed by atoms with Crippen LogP contribution >= 0.6 is 0 Å². The number of rotatable bonds is 12. The van der Waals surface area contributed by atoms with Gasteiger partial charge in [-0.1, -0.05) is 66.2 Å². The number of nitrogens with zero attached hydrogens (tertiary/aromatic N) is 2. The minimum Gasteiger partial charge on any atom is -0.497 e. The second-order valence-corrected chi connectivity index (χ2v) is 14.0. The van der Waals surface area contributed by atoms with Crippen LogP contribution < -0.4 is 14.4 Å². The number of carbonyl (C=O) groups excluding carboxylic acids is 2. The number of sulfonamides is 1. The Kier molecular flexibility index (Phi) is 10.8. The third-order valence-corrected chi connectivity index (χ3v) is 9.05. The van der Waals surface area contributed by atoms with E-state index in [9.17, 15) is 22.4 Å². The van der Waals surface area contributed by atoms with E-state index in [0.717, 1.165) is 15.4 Å². The molecule has 0 saturated heterocycles. The van der Waals surface area contributed by atoms with Crippen molar-refractivity contribution in [2.75, 3.05) is 18.0 Å². The van der Waals surface area contributed by atoms with Crippen LogP contribution in [0.2, 0.25) is 0 Å². The van der Waals surface area contributed by atoms with Gasteiger partial charge in [-0.3, -0.25) is 13.9 Å². The molecule has 0 heterocycles. The Labute approximate surface area is 270 Å². The number of methoxy groups -OCH3 is 1. The number of halogens is 1. The summed E-state index contributed by atoms with van der Waals surface area (Å²) in [6.45, 7) is 6.70. The van der Waals surface area contributed by atoms with E-state index in [1.54, 1.807) is 42.5 Å². The van der Waals surface area contributed by atoms with Gasteiger partial charge in [0.05, 0.1) is 17.7 Å². The van der Waals surface area contributed by atoms with Crippen LogP contribution in [0.25, 0.3) is 0 Å². The summed E-state index contributed by atoms with van der Waals surface area (Å²) in [5.41, 5.74) is 1.87. The van der Waals surface area contributed by atoms with E-state index in [-0.39, 0.29) is 23.5 Å². The Morgan fingerprint density at radius 1 is 0.870 bits per heavy atom. The molecule has 242 valence electrons. The number of amides is 2. The molecule has 4 aromatic carbocycles. The molecule has 0 saturated carbocycles. The summed E-state index contributed by atoms with van der Waals surface area (Å²) in [5.74, 6) is -1.06. The van der Waals surface area contributed by atoms with E-state index in [1.165, 1.54) is 42.3 Å². The Morgan fingerprint density at radius 2 is 1.52 bits per heavy atom. The van der Waals surface area contributed by atoms with Crippen molar-refractivity contribution in [2.45, 2.75) is 57.1 Å². The van der Waals surface area contributed by atoms with Crippen LogP contribution in [0.5, 0.6) is 5.75 Å². The average molecular weight is 646 g/mol. The van der Waals surface area contributed by atoms with Gasteiger partial charge in [-0.2, -0.15) is 0 Å². The average Bonchev–Trinajstić information content (AvgIpc) is 3.02. The molecule has 0 aliphatic heterocycles. The van der Waals surface area contributed by atoms with Gasteiger partial charge in [-0.05, 0) is 75.2 Å². The van der Waals surface area contributed by atoms with Crippen molar-refractivity contribution in [3.63, 3.8) is 0 Å². The zero-order valence-electron chi connectivity index (χ0n) is 26.7. The lowest BCUT2D eigenvalue weighted by molar-refractivity contribution is -0.140. The van der Waals surface area contributed by atoms with E-state index in [2.05, 4.69) is 5.32 Å². The summed E-state index contributed by atoms with van der Waals surface area (Å²) in [7, 11) is -2.79. The van der Waals surface area contributed by atoms with Gasteiger partial charge in [0.25, 0.3) is 10.0 Å².